The average Bonchev–Trinajstić information content (AvgIpc) is 2.72. The van der Waals surface area contributed by atoms with Crippen molar-refractivity contribution in [1.82, 2.24) is 15.1 Å². The molecule has 0 saturated carbocycles. The van der Waals surface area contributed by atoms with Crippen LogP contribution in [0.5, 0.6) is 0 Å². The van der Waals surface area contributed by atoms with E-state index in [0.29, 0.717) is 11.4 Å². The van der Waals surface area contributed by atoms with Gasteiger partial charge in [-0.2, -0.15) is 10.2 Å². The minimum Gasteiger partial charge on any atom is -0.340 e. The van der Waals surface area contributed by atoms with Gasteiger partial charge in [-0.3, -0.25) is 4.79 Å². The standard InChI is InChI=1S/C17H18FN3O/c1-17(2)10-13(16(22)21(17)3)15-9-8-14(19-20-15)11-4-6-12(18)7-5-11/h4-9,13H,10H2,1-3H3. The molecule has 2 aromatic rings. The van der Waals surface area contributed by atoms with Crippen LogP contribution in [-0.2, 0) is 4.79 Å². The Bertz CT molecular complexity index is 695. The van der Waals surface area contributed by atoms with Gasteiger partial charge in [-0.05, 0) is 56.7 Å². The summed E-state index contributed by atoms with van der Waals surface area (Å²) >= 11 is 0. The van der Waals surface area contributed by atoms with Gasteiger partial charge in [0.25, 0.3) is 0 Å². The maximum Gasteiger partial charge on any atom is 0.232 e. The first-order valence-corrected chi connectivity index (χ1v) is 7.26. The Kier molecular flexibility index (Phi) is 3.43. The van der Waals surface area contributed by atoms with Gasteiger partial charge in [-0.1, -0.05) is 0 Å². The molecule has 2 heterocycles. The third kappa shape index (κ3) is 2.47. The van der Waals surface area contributed by atoms with Crippen molar-refractivity contribution in [2.24, 2.45) is 0 Å². The number of hydrogen-bond donors (Lipinski definition) is 0. The summed E-state index contributed by atoms with van der Waals surface area (Å²) in [6.07, 6.45) is 0.729. The number of aromatic nitrogens is 2. The first-order valence-electron chi connectivity index (χ1n) is 7.26. The number of likely N-dealkylation sites (N-methyl/N-ethyl adjacent to an activating group) is 1. The van der Waals surface area contributed by atoms with Crippen LogP contribution in [0.25, 0.3) is 11.3 Å². The molecule has 1 aromatic carbocycles. The third-order valence-electron chi connectivity index (χ3n) is 4.42. The fourth-order valence-electron chi connectivity index (χ4n) is 2.79. The second-order valence-corrected chi connectivity index (χ2v) is 6.32. The summed E-state index contributed by atoms with van der Waals surface area (Å²) in [6, 6.07) is 9.77. The summed E-state index contributed by atoms with van der Waals surface area (Å²) in [4.78, 5) is 14.1. The summed E-state index contributed by atoms with van der Waals surface area (Å²) in [5, 5.41) is 8.41. The zero-order valence-electron chi connectivity index (χ0n) is 12.9. The molecule has 0 spiro atoms. The van der Waals surface area contributed by atoms with Gasteiger partial charge in [0.1, 0.15) is 5.82 Å². The molecular formula is C17H18FN3O. The van der Waals surface area contributed by atoms with E-state index in [9.17, 15) is 9.18 Å². The van der Waals surface area contributed by atoms with Crippen molar-refractivity contribution in [3.8, 4) is 11.3 Å². The fourth-order valence-corrected chi connectivity index (χ4v) is 2.79. The number of halogens is 1. The number of carbonyl (C=O) groups excluding carboxylic acids is 1. The summed E-state index contributed by atoms with van der Waals surface area (Å²) < 4.78 is 12.9. The van der Waals surface area contributed by atoms with Crippen molar-refractivity contribution in [1.29, 1.82) is 0 Å². The molecule has 4 nitrogen and oxygen atoms in total. The predicted molar refractivity (Wildman–Crippen MR) is 81.6 cm³/mol. The Balaban J connectivity index is 1.86. The van der Waals surface area contributed by atoms with Crippen molar-refractivity contribution in [3.63, 3.8) is 0 Å². The molecule has 1 fully saturated rings. The molecule has 0 aliphatic carbocycles. The highest BCUT2D eigenvalue weighted by Crippen LogP contribution is 2.37. The molecule has 1 unspecified atom stereocenters. The summed E-state index contributed by atoms with van der Waals surface area (Å²) in [7, 11) is 1.82. The molecule has 22 heavy (non-hydrogen) atoms. The van der Waals surface area contributed by atoms with Crippen LogP contribution in [-0.4, -0.2) is 33.6 Å². The van der Waals surface area contributed by atoms with Crippen molar-refractivity contribution in [3.05, 3.63) is 47.9 Å². The van der Waals surface area contributed by atoms with Crippen LogP contribution in [0.1, 0.15) is 31.9 Å². The molecule has 1 aliphatic rings. The van der Waals surface area contributed by atoms with E-state index in [1.165, 1.54) is 12.1 Å². The zero-order chi connectivity index (χ0) is 15.9. The van der Waals surface area contributed by atoms with Gasteiger partial charge in [-0.25, -0.2) is 4.39 Å². The Morgan fingerprint density at radius 3 is 2.32 bits per heavy atom. The van der Waals surface area contributed by atoms with Crippen molar-refractivity contribution < 1.29 is 9.18 Å². The molecule has 1 aliphatic heterocycles. The number of rotatable bonds is 2. The Labute approximate surface area is 129 Å². The van der Waals surface area contributed by atoms with E-state index in [0.717, 1.165) is 12.0 Å². The Morgan fingerprint density at radius 2 is 1.82 bits per heavy atom. The maximum atomic E-state index is 12.9. The van der Waals surface area contributed by atoms with Gasteiger partial charge in [-0.15, -0.1) is 0 Å². The molecule has 1 amide bonds. The molecule has 0 radical (unpaired) electrons. The number of amides is 1. The Hall–Kier alpha value is -2.30. The number of nitrogens with zero attached hydrogens (tertiary/aromatic N) is 3. The van der Waals surface area contributed by atoms with Gasteiger partial charge in [0.05, 0.1) is 17.3 Å². The normalized spacial score (nSPS) is 20.5. The Morgan fingerprint density at radius 1 is 1.14 bits per heavy atom. The molecule has 5 heteroatoms. The largest absolute Gasteiger partial charge is 0.340 e. The topological polar surface area (TPSA) is 46.1 Å². The second-order valence-electron chi connectivity index (χ2n) is 6.32. The van der Waals surface area contributed by atoms with Crippen LogP contribution in [0.15, 0.2) is 36.4 Å². The molecule has 1 saturated heterocycles. The molecule has 0 bridgehead atoms. The summed E-state index contributed by atoms with van der Waals surface area (Å²) in [5.74, 6) is -0.446. The van der Waals surface area contributed by atoms with Crippen LogP contribution in [0.3, 0.4) is 0 Å². The van der Waals surface area contributed by atoms with Gasteiger partial charge >= 0.3 is 0 Å². The van der Waals surface area contributed by atoms with Crippen molar-refractivity contribution in [2.75, 3.05) is 7.05 Å². The molecule has 3 rings (SSSR count). The van der Waals surface area contributed by atoms with E-state index in [4.69, 9.17) is 0 Å². The molecule has 114 valence electrons. The average molecular weight is 299 g/mol. The smallest absolute Gasteiger partial charge is 0.232 e. The lowest BCUT2D eigenvalue weighted by molar-refractivity contribution is -0.130. The lowest BCUT2D eigenvalue weighted by Gasteiger charge is -2.26. The number of likely N-dealkylation sites (tertiary alicyclic amines) is 1. The highest BCUT2D eigenvalue weighted by Gasteiger charge is 2.44. The van der Waals surface area contributed by atoms with Crippen LogP contribution in [0, 0.1) is 5.82 Å². The van der Waals surface area contributed by atoms with E-state index in [1.54, 1.807) is 17.0 Å². The monoisotopic (exact) mass is 299 g/mol. The highest BCUT2D eigenvalue weighted by atomic mass is 19.1. The minimum absolute atomic E-state index is 0.0776. The molecule has 0 N–H and O–H groups in total. The minimum atomic E-state index is -0.282. The van der Waals surface area contributed by atoms with Gasteiger partial charge in [0.15, 0.2) is 0 Å². The number of benzene rings is 1. The number of carbonyl (C=O) groups is 1. The first-order chi connectivity index (χ1) is 10.4. The van der Waals surface area contributed by atoms with Gasteiger partial charge < -0.3 is 4.90 Å². The van der Waals surface area contributed by atoms with Crippen LogP contribution in [0.4, 0.5) is 4.39 Å². The van der Waals surface area contributed by atoms with Crippen LogP contribution in [0.2, 0.25) is 0 Å². The second kappa shape index (κ2) is 5.16. The quantitative estimate of drug-likeness (QED) is 0.856. The van der Waals surface area contributed by atoms with E-state index in [2.05, 4.69) is 10.2 Å². The lowest BCUT2D eigenvalue weighted by atomic mass is 9.94. The first kappa shape index (κ1) is 14.6. The van der Waals surface area contributed by atoms with Crippen LogP contribution < -0.4 is 0 Å². The third-order valence-corrected chi connectivity index (χ3v) is 4.42. The van der Waals surface area contributed by atoms with Crippen LogP contribution >= 0.6 is 0 Å². The summed E-state index contributed by atoms with van der Waals surface area (Å²) in [5.41, 5.74) is 1.99. The number of hydrogen-bond acceptors (Lipinski definition) is 3. The van der Waals surface area contributed by atoms with E-state index >= 15 is 0 Å². The molecule has 1 aromatic heterocycles. The van der Waals surface area contributed by atoms with E-state index < -0.39 is 0 Å². The van der Waals surface area contributed by atoms with Gasteiger partial charge in [0, 0.05) is 18.2 Å². The highest BCUT2D eigenvalue weighted by molar-refractivity contribution is 5.86. The SMILES string of the molecule is CN1C(=O)C(c2ccc(-c3ccc(F)cc3)nn2)CC1(C)C. The van der Waals surface area contributed by atoms with Crippen molar-refractivity contribution in [2.45, 2.75) is 31.7 Å². The summed E-state index contributed by atoms with van der Waals surface area (Å²) in [6.45, 7) is 4.09. The molecular weight excluding hydrogens is 281 g/mol. The van der Waals surface area contributed by atoms with E-state index in [1.807, 2.05) is 33.0 Å². The lowest BCUT2D eigenvalue weighted by Crippen LogP contribution is -2.37. The zero-order valence-corrected chi connectivity index (χ0v) is 12.9. The van der Waals surface area contributed by atoms with E-state index in [-0.39, 0.29) is 23.2 Å². The van der Waals surface area contributed by atoms with Crippen molar-refractivity contribution >= 4 is 5.91 Å². The maximum absolute atomic E-state index is 12.9. The predicted octanol–water partition coefficient (Wildman–Crippen LogP) is 3.01. The van der Waals surface area contributed by atoms with Gasteiger partial charge in [0.2, 0.25) is 5.91 Å². The fraction of sp³-hybridized carbons (Fsp3) is 0.353. The molecule has 1 atom stereocenters.